The summed E-state index contributed by atoms with van der Waals surface area (Å²) in [4.78, 5) is 26.1. The summed E-state index contributed by atoms with van der Waals surface area (Å²) in [7, 11) is -3.86. The first-order valence-electron chi connectivity index (χ1n) is 10.8. The molecule has 1 aromatic carbocycles. The van der Waals surface area contributed by atoms with Gasteiger partial charge in [-0.1, -0.05) is 62.7 Å². The van der Waals surface area contributed by atoms with E-state index in [-0.39, 0.29) is 33.7 Å². The Kier molecular flexibility index (Phi) is 12.5. The van der Waals surface area contributed by atoms with E-state index in [4.69, 9.17) is 28.3 Å². The van der Waals surface area contributed by atoms with Crippen molar-refractivity contribution in [3.63, 3.8) is 0 Å². The Hall–Kier alpha value is -1.31. The molecule has 6 nitrogen and oxygen atoms in total. The van der Waals surface area contributed by atoms with Crippen molar-refractivity contribution < 1.29 is 23.1 Å². The molecule has 1 rings (SSSR count). The minimum Gasteiger partial charge on any atom is -0.481 e. The average Bonchev–Trinajstić information content (AvgIpc) is 2.71. The maximum absolute atomic E-state index is 13.3. The van der Waals surface area contributed by atoms with E-state index in [0.29, 0.717) is 13.1 Å². The molecule has 0 saturated carbocycles. The number of sulfone groups is 1. The lowest BCUT2D eigenvalue weighted by Crippen LogP contribution is -2.40. The van der Waals surface area contributed by atoms with Crippen LogP contribution in [0.3, 0.4) is 0 Å². The average molecular weight is 494 g/mol. The van der Waals surface area contributed by atoms with Gasteiger partial charge in [-0.2, -0.15) is 0 Å². The van der Waals surface area contributed by atoms with Crippen LogP contribution in [0.25, 0.3) is 0 Å². The molecule has 9 heteroatoms. The van der Waals surface area contributed by atoms with Crippen LogP contribution >= 0.6 is 23.2 Å². The monoisotopic (exact) mass is 493 g/mol. The maximum atomic E-state index is 13.3. The number of benzene rings is 1. The van der Waals surface area contributed by atoms with Crippen LogP contribution < -0.4 is 0 Å². The van der Waals surface area contributed by atoms with E-state index in [2.05, 4.69) is 13.8 Å². The molecule has 0 aliphatic carbocycles. The molecule has 0 aromatic heterocycles. The van der Waals surface area contributed by atoms with E-state index in [1.54, 1.807) is 4.90 Å². The van der Waals surface area contributed by atoms with Crippen LogP contribution in [0.1, 0.15) is 65.2 Å². The summed E-state index contributed by atoms with van der Waals surface area (Å²) in [5.74, 6) is -2.75. The minimum atomic E-state index is -3.86. The molecule has 0 saturated heterocycles. The Bertz CT molecular complexity index is 819. The van der Waals surface area contributed by atoms with Crippen LogP contribution in [0.2, 0.25) is 10.0 Å². The zero-order valence-electron chi connectivity index (χ0n) is 18.3. The number of carbonyl (C=O) groups is 2. The normalized spacial score (nSPS) is 12.5. The number of nitrogens with zero attached hydrogens (tertiary/aromatic N) is 1. The van der Waals surface area contributed by atoms with Crippen molar-refractivity contribution >= 4 is 44.9 Å². The molecule has 0 spiro atoms. The molecule has 1 unspecified atom stereocenters. The SMILES string of the molecule is CCCCCN(CCCCC)C(=O)C(CCC(=O)O)CS(=O)(=O)c1ccc(Cl)c(Cl)c1. The molecule has 0 bridgehead atoms. The van der Waals surface area contributed by atoms with Gasteiger partial charge in [0.15, 0.2) is 9.84 Å². The molecule has 1 aromatic rings. The van der Waals surface area contributed by atoms with Crippen LogP contribution in [0.4, 0.5) is 0 Å². The van der Waals surface area contributed by atoms with Gasteiger partial charge >= 0.3 is 5.97 Å². The fourth-order valence-electron chi connectivity index (χ4n) is 3.30. The lowest BCUT2D eigenvalue weighted by molar-refractivity contribution is -0.138. The number of rotatable bonds is 15. The zero-order chi connectivity index (χ0) is 23.4. The molecule has 0 radical (unpaired) electrons. The van der Waals surface area contributed by atoms with Crippen molar-refractivity contribution in [3.05, 3.63) is 28.2 Å². The lowest BCUT2D eigenvalue weighted by atomic mass is 10.0. The smallest absolute Gasteiger partial charge is 0.303 e. The second-order valence-corrected chi connectivity index (χ2v) is 10.6. The Morgan fingerprint density at radius 3 is 2.06 bits per heavy atom. The Morgan fingerprint density at radius 1 is 1.00 bits per heavy atom. The van der Waals surface area contributed by atoms with Gasteiger partial charge in [0, 0.05) is 19.5 Å². The molecule has 1 N–H and O–H groups in total. The first-order valence-corrected chi connectivity index (χ1v) is 13.2. The third kappa shape index (κ3) is 9.79. The van der Waals surface area contributed by atoms with Crippen molar-refractivity contribution in [1.29, 1.82) is 0 Å². The maximum Gasteiger partial charge on any atom is 0.303 e. The first-order chi connectivity index (χ1) is 14.6. The van der Waals surface area contributed by atoms with Gasteiger partial charge in [0.2, 0.25) is 5.91 Å². The first kappa shape index (κ1) is 27.7. The summed E-state index contributed by atoms with van der Waals surface area (Å²) in [5, 5.41) is 9.45. The predicted octanol–water partition coefficient (Wildman–Crippen LogP) is 5.46. The number of hydrogen-bond donors (Lipinski definition) is 1. The van der Waals surface area contributed by atoms with E-state index < -0.39 is 27.5 Å². The van der Waals surface area contributed by atoms with Crippen molar-refractivity contribution in [2.45, 2.75) is 70.1 Å². The number of aliphatic carboxylic acids is 1. The quantitative estimate of drug-likeness (QED) is 0.327. The van der Waals surface area contributed by atoms with Crippen LogP contribution in [0, 0.1) is 5.92 Å². The van der Waals surface area contributed by atoms with Crippen LogP contribution in [0.15, 0.2) is 23.1 Å². The predicted molar refractivity (Wildman–Crippen MR) is 125 cm³/mol. The zero-order valence-corrected chi connectivity index (χ0v) is 20.6. The van der Waals surface area contributed by atoms with Gasteiger partial charge < -0.3 is 10.0 Å². The highest BCUT2D eigenvalue weighted by molar-refractivity contribution is 7.91. The highest BCUT2D eigenvalue weighted by atomic mass is 35.5. The third-order valence-electron chi connectivity index (χ3n) is 5.10. The van der Waals surface area contributed by atoms with E-state index in [0.717, 1.165) is 38.5 Å². The fourth-order valence-corrected chi connectivity index (χ4v) is 5.27. The van der Waals surface area contributed by atoms with Gasteiger partial charge in [0.1, 0.15) is 0 Å². The third-order valence-corrected chi connectivity index (χ3v) is 7.65. The standard InChI is InChI=1S/C22H33Cl2NO5S/c1-3-5-7-13-25(14-8-6-4-2)22(28)17(9-12-21(26)27)16-31(29,30)18-10-11-19(23)20(24)15-18/h10-11,15,17H,3-9,12-14,16H2,1-2H3,(H,26,27). The number of unbranched alkanes of at least 4 members (excludes halogenated alkanes) is 4. The molecule has 0 aliphatic heterocycles. The second kappa shape index (κ2) is 14.0. The summed E-state index contributed by atoms with van der Waals surface area (Å²) in [6.45, 7) is 5.24. The lowest BCUT2D eigenvalue weighted by Gasteiger charge is -2.27. The van der Waals surface area contributed by atoms with Gasteiger partial charge in [0.25, 0.3) is 0 Å². The van der Waals surface area contributed by atoms with Crippen LogP contribution in [-0.4, -0.2) is 49.1 Å². The van der Waals surface area contributed by atoms with Crippen LogP contribution in [-0.2, 0) is 19.4 Å². The van der Waals surface area contributed by atoms with Gasteiger partial charge in [-0.05, 0) is 37.5 Å². The van der Waals surface area contributed by atoms with Gasteiger partial charge in [-0.3, -0.25) is 9.59 Å². The van der Waals surface area contributed by atoms with E-state index in [1.165, 1.54) is 18.2 Å². The van der Waals surface area contributed by atoms with Crippen molar-refractivity contribution in [1.82, 2.24) is 4.90 Å². The van der Waals surface area contributed by atoms with Gasteiger partial charge in [-0.25, -0.2) is 8.42 Å². The summed E-state index contributed by atoms with van der Waals surface area (Å²) in [5.41, 5.74) is 0. The Morgan fingerprint density at radius 2 is 1.58 bits per heavy atom. The van der Waals surface area contributed by atoms with Crippen molar-refractivity contribution in [2.24, 2.45) is 5.92 Å². The van der Waals surface area contributed by atoms with E-state index >= 15 is 0 Å². The van der Waals surface area contributed by atoms with E-state index in [9.17, 15) is 18.0 Å². The van der Waals surface area contributed by atoms with Crippen LogP contribution in [0.5, 0.6) is 0 Å². The highest BCUT2D eigenvalue weighted by Crippen LogP contribution is 2.27. The molecule has 0 heterocycles. The number of carboxylic acids is 1. The van der Waals surface area contributed by atoms with Gasteiger partial charge in [-0.15, -0.1) is 0 Å². The highest BCUT2D eigenvalue weighted by Gasteiger charge is 2.30. The molecule has 1 amide bonds. The molecule has 1 atom stereocenters. The number of amides is 1. The molecule has 176 valence electrons. The number of hydrogen-bond acceptors (Lipinski definition) is 4. The molecule has 0 fully saturated rings. The second-order valence-electron chi connectivity index (χ2n) is 7.73. The topological polar surface area (TPSA) is 91.8 Å². The van der Waals surface area contributed by atoms with Gasteiger partial charge in [0.05, 0.1) is 26.6 Å². The summed E-state index contributed by atoms with van der Waals surface area (Å²) < 4.78 is 26.0. The molecular weight excluding hydrogens is 461 g/mol. The molecular formula is C22H33Cl2NO5S. The fraction of sp³-hybridized carbons (Fsp3) is 0.636. The Labute approximate surface area is 195 Å². The summed E-state index contributed by atoms with van der Waals surface area (Å²) in [6.07, 6.45) is 5.31. The Balaban J connectivity index is 3.10. The van der Waals surface area contributed by atoms with Crippen molar-refractivity contribution in [3.8, 4) is 0 Å². The molecule has 31 heavy (non-hydrogen) atoms. The minimum absolute atomic E-state index is 0.0291. The van der Waals surface area contributed by atoms with E-state index in [1.807, 2.05) is 0 Å². The molecule has 0 aliphatic rings. The number of carbonyl (C=O) groups excluding carboxylic acids is 1. The van der Waals surface area contributed by atoms with Crippen molar-refractivity contribution in [2.75, 3.05) is 18.8 Å². The number of halogens is 2. The number of carboxylic acid groups (broad SMARTS) is 1. The largest absolute Gasteiger partial charge is 0.481 e. The summed E-state index contributed by atoms with van der Waals surface area (Å²) >= 11 is 11.8. The summed E-state index contributed by atoms with van der Waals surface area (Å²) in [6, 6.07) is 4.01.